The van der Waals surface area contributed by atoms with Gasteiger partial charge in [0, 0.05) is 0 Å². The minimum absolute atomic E-state index is 0.378. The number of rotatable bonds is 4. The standard InChI is InChI=1S/C49H34O4S2Si2/c50-54(51)42-19-7-11-23-46(42)56(36-15-3-1-4-16-36,47-24-12-8-20-43(47)54)38-29-27-34-31-35-28-30-39(33-41(35)40(34)32-38)57(37-17-5-2-6-18-37)48-25-13-9-21-44(48)55(52,53)45-22-10-14-26-49(45)57/h1-30,32-33H,31H2. The van der Waals surface area contributed by atoms with Crippen LogP contribution in [0.3, 0.4) is 0 Å². The van der Waals surface area contributed by atoms with Crippen LogP contribution in [-0.2, 0) is 26.1 Å². The summed E-state index contributed by atoms with van der Waals surface area (Å²) in [6, 6.07) is 65.0. The molecule has 0 unspecified atom stereocenters. The van der Waals surface area contributed by atoms with Gasteiger partial charge in [-0.15, -0.1) is 0 Å². The van der Waals surface area contributed by atoms with Crippen LogP contribution >= 0.6 is 0 Å². The van der Waals surface area contributed by atoms with Gasteiger partial charge in [0.05, 0.1) is 19.6 Å². The first-order valence-corrected chi connectivity index (χ1v) is 26.0. The van der Waals surface area contributed by atoms with Crippen molar-refractivity contribution in [2.45, 2.75) is 26.0 Å². The molecule has 0 saturated carbocycles. The monoisotopic (exact) mass is 806 g/mol. The summed E-state index contributed by atoms with van der Waals surface area (Å²) in [6.45, 7) is 0. The molecule has 0 aromatic heterocycles. The Labute approximate surface area is 334 Å². The number of hydrogen-bond donors (Lipinski definition) is 0. The highest BCUT2D eigenvalue weighted by molar-refractivity contribution is 7.92. The minimum atomic E-state index is -3.76. The van der Waals surface area contributed by atoms with E-state index in [4.69, 9.17) is 0 Å². The molecule has 11 rings (SSSR count). The number of hydrogen-bond acceptors (Lipinski definition) is 4. The van der Waals surface area contributed by atoms with Crippen molar-refractivity contribution < 1.29 is 16.8 Å². The van der Waals surface area contributed by atoms with E-state index in [-0.39, 0.29) is 0 Å². The number of fused-ring (bicyclic) bond motifs is 7. The molecule has 0 spiro atoms. The Hall–Kier alpha value is -5.91. The van der Waals surface area contributed by atoms with Crippen LogP contribution in [0.15, 0.2) is 214 Å². The Morgan fingerprint density at radius 2 is 0.614 bits per heavy atom. The van der Waals surface area contributed by atoms with E-state index >= 15 is 0 Å². The summed E-state index contributed by atoms with van der Waals surface area (Å²) in [5.41, 5.74) is 4.71. The van der Waals surface area contributed by atoms with Crippen molar-refractivity contribution in [2.75, 3.05) is 0 Å². The predicted octanol–water partition coefficient (Wildman–Crippen LogP) is 4.31. The lowest BCUT2D eigenvalue weighted by atomic mass is 10.1. The van der Waals surface area contributed by atoms with Crippen molar-refractivity contribution in [3.05, 3.63) is 205 Å². The van der Waals surface area contributed by atoms with Gasteiger partial charge in [-0.1, -0.05) is 170 Å². The molecule has 2 aliphatic heterocycles. The lowest BCUT2D eigenvalue weighted by molar-refractivity contribution is 0.595. The third-order valence-corrected chi connectivity index (χ3v) is 26.7. The Morgan fingerprint density at radius 3 is 0.947 bits per heavy atom. The molecule has 0 fully saturated rings. The second-order valence-corrected chi connectivity index (χ2v) is 26.4. The molecule has 0 N–H and O–H groups in total. The summed E-state index contributed by atoms with van der Waals surface area (Å²) in [6.07, 6.45) is 0.772. The molecule has 57 heavy (non-hydrogen) atoms. The van der Waals surface area contributed by atoms with E-state index in [1.165, 1.54) is 11.1 Å². The van der Waals surface area contributed by atoms with E-state index in [2.05, 4.69) is 84.9 Å². The van der Waals surface area contributed by atoms with Gasteiger partial charge in [0.25, 0.3) is 0 Å². The zero-order valence-electron chi connectivity index (χ0n) is 30.6. The predicted molar refractivity (Wildman–Crippen MR) is 233 cm³/mol. The molecule has 0 atom stereocenters. The molecule has 274 valence electrons. The van der Waals surface area contributed by atoms with E-state index in [0.29, 0.717) is 19.6 Å². The van der Waals surface area contributed by atoms with Gasteiger partial charge in [-0.25, -0.2) is 16.8 Å². The Morgan fingerprint density at radius 1 is 0.316 bits per heavy atom. The van der Waals surface area contributed by atoms with Crippen LogP contribution in [0.1, 0.15) is 11.1 Å². The average Bonchev–Trinajstić information content (AvgIpc) is 3.63. The van der Waals surface area contributed by atoms with Gasteiger partial charge in [0.15, 0.2) is 16.1 Å². The first-order valence-electron chi connectivity index (χ1n) is 19.0. The smallest absolute Gasteiger partial charge is 0.206 e. The van der Waals surface area contributed by atoms with Crippen LogP contribution in [-0.4, -0.2) is 33.0 Å². The molecule has 4 nitrogen and oxygen atoms in total. The second-order valence-electron chi connectivity index (χ2n) is 15.1. The molecule has 0 radical (unpaired) electrons. The molecule has 1 aliphatic carbocycles. The first kappa shape index (κ1) is 34.4. The molecule has 2 heterocycles. The largest absolute Gasteiger partial charge is 0.219 e. The first-order chi connectivity index (χ1) is 27.8. The van der Waals surface area contributed by atoms with Gasteiger partial charge < -0.3 is 0 Å². The van der Waals surface area contributed by atoms with Crippen molar-refractivity contribution >= 4 is 77.3 Å². The van der Waals surface area contributed by atoms with Gasteiger partial charge in [-0.05, 0) is 94.4 Å². The second kappa shape index (κ2) is 12.3. The zero-order valence-corrected chi connectivity index (χ0v) is 34.3. The van der Waals surface area contributed by atoms with Gasteiger partial charge in [0.2, 0.25) is 19.7 Å². The van der Waals surface area contributed by atoms with E-state index < -0.39 is 35.8 Å². The average molecular weight is 807 g/mol. The van der Waals surface area contributed by atoms with E-state index in [9.17, 15) is 16.8 Å². The molecule has 3 aliphatic rings. The summed E-state index contributed by atoms with van der Waals surface area (Å²) in [7, 11) is -13.9. The highest BCUT2D eigenvalue weighted by Crippen LogP contribution is 2.38. The van der Waals surface area contributed by atoms with E-state index in [1.807, 2.05) is 84.9 Å². The molecule has 0 saturated heterocycles. The fraction of sp³-hybridized carbons (Fsp3) is 0.0204. The van der Waals surface area contributed by atoms with Crippen LogP contribution in [0.25, 0.3) is 11.1 Å². The van der Waals surface area contributed by atoms with Crippen molar-refractivity contribution in [3.63, 3.8) is 0 Å². The van der Waals surface area contributed by atoms with Gasteiger partial charge in [-0.2, -0.15) is 0 Å². The third-order valence-electron chi connectivity index (χ3n) is 12.5. The summed E-state index contributed by atoms with van der Waals surface area (Å²) in [5, 5.41) is 7.97. The Balaban J connectivity index is 1.20. The van der Waals surface area contributed by atoms with Crippen LogP contribution in [0.5, 0.6) is 0 Å². The summed E-state index contributed by atoms with van der Waals surface area (Å²) in [5.74, 6) is 0. The van der Waals surface area contributed by atoms with Crippen molar-refractivity contribution in [1.82, 2.24) is 0 Å². The molecular formula is C49H34O4S2Si2. The van der Waals surface area contributed by atoms with E-state index in [0.717, 1.165) is 59.0 Å². The lowest BCUT2D eigenvalue weighted by Crippen LogP contribution is -2.77. The maximum absolute atomic E-state index is 14.3. The Kier molecular flexibility index (Phi) is 7.41. The normalized spacial score (nSPS) is 16.8. The topological polar surface area (TPSA) is 68.3 Å². The van der Waals surface area contributed by atoms with Crippen LogP contribution in [0.4, 0.5) is 0 Å². The van der Waals surface area contributed by atoms with Gasteiger partial charge in [-0.3, -0.25) is 0 Å². The zero-order chi connectivity index (χ0) is 38.6. The van der Waals surface area contributed by atoms with Crippen LogP contribution in [0.2, 0.25) is 0 Å². The summed E-state index contributed by atoms with van der Waals surface area (Å²) >= 11 is 0. The number of sulfone groups is 2. The van der Waals surface area contributed by atoms with Crippen LogP contribution < -0.4 is 41.5 Å². The molecular weight excluding hydrogens is 773 g/mol. The van der Waals surface area contributed by atoms with Gasteiger partial charge in [0.1, 0.15) is 0 Å². The highest BCUT2D eigenvalue weighted by Gasteiger charge is 2.53. The molecule has 8 aromatic rings. The summed E-state index contributed by atoms with van der Waals surface area (Å²) < 4.78 is 57.3. The SMILES string of the molecule is O=S1(=O)c2ccccc2[Si](c2ccccc2)(c2ccc3c(c2)-c2cc([Si]4(c5ccccc5)c5ccccc5S(=O)(=O)c5ccccc54)ccc2C3)c2ccccc21. The van der Waals surface area contributed by atoms with E-state index in [1.54, 1.807) is 24.3 Å². The van der Waals surface area contributed by atoms with Crippen molar-refractivity contribution in [1.29, 1.82) is 0 Å². The van der Waals surface area contributed by atoms with Crippen molar-refractivity contribution in [3.8, 4) is 11.1 Å². The Bertz CT molecular complexity index is 2880. The fourth-order valence-electron chi connectivity index (χ4n) is 10.2. The molecule has 0 bridgehead atoms. The quantitative estimate of drug-likeness (QED) is 0.249. The maximum Gasteiger partial charge on any atom is 0.206 e. The molecule has 8 heteroatoms. The number of benzene rings is 8. The lowest BCUT2D eigenvalue weighted by Gasteiger charge is -2.40. The van der Waals surface area contributed by atoms with Gasteiger partial charge >= 0.3 is 0 Å². The van der Waals surface area contributed by atoms with Crippen molar-refractivity contribution in [2.24, 2.45) is 0 Å². The van der Waals surface area contributed by atoms with Crippen LogP contribution in [0, 0.1) is 0 Å². The minimum Gasteiger partial charge on any atom is -0.219 e. The molecule has 8 aromatic carbocycles. The fourth-order valence-corrected chi connectivity index (χ4v) is 26.2. The third kappa shape index (κ3) is 4.52. The highest BCUT2D eigenvalue weighted by atomic mass is 32.2. The molecule has 0 amide bonds. The maximum atomic E-state index is 14.3. The summed E-state index contributed by atoms with van der Waals surface area (Å²) in [4.78, 5) is 1.51.